The number of carbonyl (C=O) groups is 2. The van der Waals surface area contributed by atoms with Crippen LogP contribution in [0.3, 0.4) is 0 Å². The number of rotatable bonds is 6. The van der Waals surface area contributed by atoms with Crippen LogP contribution < -0.4 is 0 Å². The molecule has 2 aromatic carbocycles. The number of carbonyl (C=O) groups excluding carboxylic acids is 2. The molecular weight excluding hydrogens is 340 g/mol. The molecule has 0 spiro atoms. The fourth-order valence-electron chi connectivity index (χ4n) is 2.27. The number of benzene rings is 2. The molecule has 0 heterocycles. The third kappa shape index (κ3) is 5.71. The van der Waals surface area contributed by atoms with Crippen molar-refractivity contribution >= 4 is 23.2 Å². The van der Waals surface area contributed by atoms with Gasteiger partial charge in [0, 0.05) is 16.5 Å². The van der Waals surface area contributed by atoms with Crippen molar-refractivity contribution in [2.45, 2.75) is 27.2 Å². The molecule has 0 amide bonds. The van der Waals surface area contributed by atoms with Crippen molar-refractivity contribution in [2.24, 2.45) is 15.6 Å². The zero-order chi connectivity index (χ0) is 19.9. The molecule has 27 heavy (non-hydrogen) atoms. The minimum atomic E-state index is -0.656. The minimum Gasteiger partial charge on any atom is -0.464 e. The largest absolute Gasteiger partial charge is 0.464 e. The van der Waals surface area contributed by atoms with Crippen LogP contribution in [0.2, 0.25) is 0 Å². The smallest absolute Gasteiger partial charge is 0.354 e. The molecule has 0 unspecified atom stereocenters. The van der Waals surface area contributed by atoms with Crippen molar-refractivity contribution in [1.29, 1.82) is 0 Å². The second-order valence-corrected chi connectivity index (χ2v) is 7.07. The van der Waals surface area contributed by atoms with Gasteiger partial charge in [0.05, 0.1) is 13.5 Å². The van der Waals surface area contributed by atoms with Gasteiger partial charge in [0.25, 0.3) is 0 Å². The van der Waals surface area contributed by atoms with Gasteiger partial charge in [0.15, 0.2) is 5.71 Å². The van der Waals surface area contributed by atoms with E-state index < -0.39 is 11.4 Å². The standard InChI is InChI=1S/C22H24N2O3/c1-22(2,3)19(25)15-18(21(26)27-4)23-24-20(16-11-7-5-8-12-16)17-13-9-6-10-14-17/h5-14H,15H2,1-4H3. The molecule has 2 rings (SSSR count). The summed E-state index contributed by atoms with van der Waals surface area (Å²) >= 11 is 0. The van der Waals surface area contributed by atoms with Gasteiger partial charge in [-0.15, -0.1) is 10.2 Å². The first kappa shape index (κ1) is 20.2. The van der Waals surface area contributed by atoms with Crippen LogP contribution in [0.25, 0.3) is 0 Å². The summed E-state index contributed by atoms with van der Waals surface area (Å²) in [6, 6.07) is 19.1. The summed E-state index contributed by atoms with van der Waals surface area (Å²) in [7, 11) is 1.26. The quantitative estimate of drug-likeness (QED) is 0.441. The Labute approximate surface area is 159 Å². The molecule has 0 saturated carbocycles. The van der Waals surface area contributed by atoms with E-state index in [4.69, 9.17) is 4.74 Å². The summed E-state index contributed by atoms with van der Waals surface area (Å²) in [5.74, 6) is -0.764. The second kappa shape index (κ2) is 9.03. The number of esters is 1. The second-order valence-electron chi connectivity index (χ2n) is 7.07. The molecule has 5 nitrogen and oxygen atoms in total. The highest BCUT2D eigenvalue weighted by Crippen LogP contribution is 2.18. The van der Waals surface area contributed by atoms with E-state index in [0.29, 0.717) is 5.71 Å². The van der Waals surface area contributed by atoms with Crippen molar-refractivity contribution in [3.05, 3.63) is 71.8 Å². The first-order valence-electron chi connectivity index (χ1n) is 8.70. The Bertz CT molecular complexity index is 807. The molecule has 0 aliphatic carbocycles. The van der Waals surface area contributed by atoms with Crippen LogP contribution in [0.15, 0.2) is 70.9 Å². The predicted octanol–water partition coefficient (Wildman–Crippen LogP) is 4.06. The van der Waals surface area contributed by atoms with E-state index in [2.05, 4.69) is 10.2 Å². The normalized spacial score (nSPS) is 11.6. The molecule has 140 valence electrons. The van der Waals surface area contributed by atoms with Crippen LogP contribution in [0.4, 0.5) is 0 Å². The van der Waals surface area contributed by atoms with Crippen LogP contribution >= 0.6 is 0 Å². The summed E-state index contributed by atoms with van der Waals surface area (Å²) in [6.07, 6.45) is -0.128. The van der Waals surface area contributed by atoms with E-state index in [1.807, 2.05) is 60.7 Å². The summed E-state index contributed by atoms with van der Waals surface area (Å²) in [5, 5.41) is 8.43. The summed E-state index contributed by atoms with van der Waals surface area (Å²) in [6.45, 7) is 5.40. The number of nitrogens with zero attached hydrogens (tertiary/aromatic N) is 2. The highest BCUT2D eigenvalue weighted by molar-refractivity contribution is 6.40. The van der Waals surface area contributed by atoms with Gasteiger partial charge in [0.2, 0.25) is 0 Å². The molecule has 0 aliphatic rings. The van der Waals surface area contributed by atoms with Gasteiger partial charge in [-0.1, -0.05) is 81.4 Å². The number of hydrogen-bond acceptors (Lipinski definition) is 5. The summed E-state index contributed by atoms with van der Waals surface area (Å²) < 4.78 is 4.78. The minimum absolute atomic E-state index is 0.0122. The first-order chi connectivity index (χ1) is 12.8. The Kier molecular flexibility index (Phi) is 6.77. The Morgan fingerprint density at radius 3 is 1.74 bits per heavy atom. The van der Waals surface area contributed by atoms with Gasteiger partial charge in [-0.2, -0.15) is 0 Å². The Hall–Kier alpha value is -3.08. The first-order valence-corrected chi connectivity index (χ1v) is 8.70. The SMILES string of the molecule is COC(=O)C(CC(=O)C(C)(C)C)=NN=C(c1ccccc1)c1ccccc1. The Balaban J connectivity index is 2.48. The molecule has 0 fully saturated rings. The molecular formula is C22H24N2O3. The van der Waals surface area contributed by atoms with Gasteiger partial charge < -0.3 is 4.74 Å². The molecule has 0 aliphatic heterocycles. The molecule has 2 aromatic rings. The number of methoxy groups -OCH3 is 1. The topological polar surface area (TPSA) is 68.1 Å². The van der Waals surface area contributed by atoms with Crippen molar-refractivity contribution < 1.29 is 14.3 Å². The number of Topliss-reactive ketones (excluding diaryl/α,β-unsaturated/α-hetero) is 1. The average molecular weight is 364 g/mol. The number of hydrogen-bond donors (Lipinski definition) is 0. The van der Waals surface area contributed by atoms with E-state index in [9.17, 15) is 9.59 Å². The number of ketones is 1. The van der Waals surface area contributed by atoms with E-state index in [0.717, 1.165) is 11.1 Å². The summed E-state index contributed by atoms with van der Waals surface area (Å²) in [5.41, 5.74) is 1.74. The van der Waals surface area contributed by atoms with Crippen LogP contribution in [0.5, 0.6) is 0 Å². The highest BCUT2D eigenvalue weighted by atomic mass is 16.5. The van der Waals surface area contributed by atoms with Crippen molar-refractivity contribution in [2.75, 3.05) is 7.11 Å². The fourth-order valence-corrected chi connectivity index (χ4v) is 2.27. The molecule has 0 atom stereocenters. The van der Waals surface area contributed by atoms with Crippen LogP contribution in [0.1, 0.15) is 38.3 Å². The fraction of sp³-hybridized carbons (Fsp3) is 0.273. The maximum Gasteiger partial charge on any atom is 0.354 e. The van der Waals surface area contributed by atoms with Crippen LogP contribution in [-0.2, 0) is 14.3 Å². The number of ether oxygens (including phenoxy) is 1. The average Bonchev–Trinajstić information content (AvgIpc) is 2.67. The van der Waals surface area contributed by atoms with E-state index in [-0.39, 0.29) is 17.9 Å². The third-order valence-electron chi connectivity index (χ3n) is 3.95. The van der Waals surface area contributed by atoms with Gasteiger partial charge >= 0.3 is 5.97 Å². The van der Waals surface area contributed by atoms with E-state index >= 15 is 0 Å². The van der Waals surface area contributed by atoms with Crippen molar-refractivity contribution in [1.82, 2.24) is 0 Å². The molecule has 5 heteroatoms. The maximum atomic E-state index is 12.3. The molecule has 0 radical (unpaired) electrons. The van der Waals surface area contributed by atoms with Gasteiger partial charge in [0.1, 0.15) is 11.5 Å². The monoisotopic (exact) mass is 364 g/mol. The Morgan fingerprint density at radius 1 is 0.852 bits per heavy atom. The van der Waals surface area contributed by atoms with E-state index in [1.54, 1.807) is 20.8 Å². The van der Waals surface area contributed by atoms with Crippen LogP contribution in [0, 0.1) is 5.41 Å². The van der Waals surface area contributed by atoms with E-state index in [1.165, 1.54) is 7.11 Å². The molecule has 0 bridgehead atoms. The summed E-state index contributed by atoms with van der Waals surface area (Å²) in [4.78, 5) is 24.4. The third-order valence-corrected chi connectivity index (χ3v) is 3.95. The highest BCUT2D eigenvalue weighted by Gasteiger charge is 2.26. The van der Waals surface area contributed by atoms with Gasteiger partial charge in [-0.3, -0.25) is 4.79 Å². The zero-order valence-electron chi connectivity index (χ0n) is 16.1. The van der Waals surface area contributed by atoms with Crippen molar-refractivity contribution in [3.63, 3.8) is 0 Å². The Morgan fingerprint density at radius 2 is 1.33 bits per heavy atom. The lowest BCUT2D eigenvalue weighted by Crippen LogP contribution is -2.27. The zero-order valence-corrected chi connectivity index (χ0v) is 16.1. The van der Waals surface area contributed by atoms with Gasteiger partial charge in [-0.25, -0.2) is 4.79 Å². The van der Waals surface area contributed by atoms with Crippen molar-refractivity contribution in [3.8, 4) is 0 Å². The van der Waals surface area contributed by atoms with Crippen LogP contribution in [-0.4, -0.2) is 30.3 Å². The molecule has 0 saturated heterocycles. The lowest BCUT2D eigenvalue weighted by atomic mass is 9.88. The predicted molar refractivity (Wildman–Crippen MR) is 107 cm³/mol. The molecule has 0 N–H and O–H groups in total. The lowest BCUT2D eigenvalue weighted by molar-refractivity contribution is -0.134. The lowest BCUT2D eigenvalue weighted by Gasteiger charge is -2.16. The van der Waals surface area contributed by atoms with Gasteiger partial charge in [-0.05, 0) is 0 Å². The molecule has 0 aromatic heterocycles. The maximum absolute atomic E-state index is 12.3.